The summed E-state index contributed by atoms with van der Waals surface area (Å²) >= 11 is 1.03. The van der Waals surface area contributed by atoms with Crippen molar-refractivity contribution in [2.45, 2.75) is 25.6 Å². The topological polar surface area (TPSA) is 125 Å². The van der Waals surface area contributed by atoms with Crippen molar-refractivity contribution in [2.75, 3.05) is 5.32 Å². The van der Waals surface area contributed by atoms with E-state index in [-0.39, 0.29) is 16.4 Å². The number of thiazole rings is 1. The molecule has 3 heterocycles. The Kier molecular flexibility index (Phi) is 5.64. The second-order valence-corrected chi connectivity index (χ2v) is 9.67. The van der Waals surface area contributed by atoms with Crippen LogP contribution in [0, 0.1) is 0 Å². The molecule has 5 rings (SSSR count). The first-order valence-corrected chi connectivity index (χ1v) is 11.6. The molecular weight excluding hydrogens is 491 g/mol. The molecule has 0 fully saturated rings. The zero-order chi connectivity index (χ0) is 25.7. The Bertz CT molecular complexity index is 1580. The summed E-state index contributed by atoms with van der Waals surface area (Å²) in [6.45, 7) is 3.82. The lowest BCUT2D eigenvalue weighted by Gasteiger charge is -2.20. The molecule has 0 aliphatic carbocycles. The molecule has 12 heteroatoms. The van der Waals surface area contributed by atoms with Gasteiger partial charge in [-0.25, -0.2) is 4.98 Å². The van der Waals surface area contributed by atoms with E-state index < -0.39 is 23.3 Å². The van der Waals surface area contributed by atoms with E-state index in [0.29, 0.717) is 5.69 Å². The molecule has 0 radical (unpaired) electrons. The van der Waals surface area contributed by atoms with Gasteiger partial charge in [-0.3, -0.25) is 15.0 Å². The van der Waals surface area contributed by atoms with Crippen LogP contribution in [-0.2, 0) is 11.7 Å². The van der Waals surface area contributed by atoms with Crippen LogP contribution < -0.4 is 11.1 Å². The summed E-state index contributed by atoms with van der Waals surface area (Å²) in [5.41, 5.74) is 8.56. The normalized spacial score (nSPS) is 12.3. The Morgan fingerprint density at radius 3 is 2.64 bits per heavy atom. The van der Waals surface area contributed by atoms with Gasteiger partial charge in [0.15, 0.2) is 5.69 Å². The molecule has 0 bridgehead atoms. The molecule has 0 aliphatic rings. The highest BCUT2D eigenvalue weighted by Crippen LogP contribution is 2.35. The van der Waals surface area contributed by atoms with Crippen molar-refractivity contribution in [1.82, 2.24) is 25.4 Å². The molecule has 0 spiro atoms. The fourth-order valence-electron chi connectivity index (χ4n) is 3.69. The fourth-order valence-corrected chi connectivity index (χ4v) is 4.45. The number of alkyl halides is 3. The first kappa shape index (κ1) is 23.7. The molecule has 0 saturated carbocycles. The number of hydrogen-bond donors (Lipinski definition) is 4. The highest BCUT2D eigenvalue weighted by Gasteiger charge is 2.34. The van der Waals surface area contributed by atoms with E-state index in [0.717, 1.165) is 45.0 Å². The van der Waals surface area contributed by atoms with Crippen molar-refractivity contribution >= 4 is 33.8 Å². The summed E-state index contributed by atoms with van der Waals surface area (Å²) in [7, 11) is 0. The number of nitrogens with zero attached hydrogens (tertiary/aromatic N) is 3. The van der Waals surface area contributed by atoms with Crippen LogP contribution in [0.1, 0.15) is 35.6 Å². The number of carbonyl (C=O) groups excluding carboxylic acids is 1. The van der Waals surface area contributed by atoms with E-state index in [9.17, 15) is 18.0 Å². The van der Waals surface area contributed by atoms with Crippen LogP contribution in [0.15, 0.2) is 54.0 Å². The minimum atomic E-state index is -4.58. The summed E-state index contributed by atoms with van der Waals surface area (Å²) in [6.07, 6.45) is -2.89. The number of halogens is 3. The third kappa shape index (κ3) is 4.60. The number of rotatable bonds is 5. The van der Waals surface area contributed by atoms with Crippen LogP contribution >= 0.6 is 11.3 Å². The zero-order valence-corrected chi connectivity index (χ0v) is 19.9. The van der Waals surface area contributed by atoms with Crippen molar-refractivity contribution in [3.05, 3.63) is 71.0 Å². The molecule has 36 heavy (non-hydrogen) atoms. The number of anilines is 1. The van der Waals surface area contributed by atoms with Gasteiger partial charge in [0, 0.05) is 21.9 Å². The van der Waals surface area contributed by atoms with Crippen molar-refractivity contribution in [1.29, 1.82) is 0 Å². The Morgan fingerprint density at radius 1 is 1.11 bits per heavy atom. The van der Waals surface area contributed by atoms with Crippen LogP contribution in [0.5, 0.6) is 0 Å². The number of benzene rings is 2. The maximum absolute atomic E-state index is 13.1. The molecule has 184 valence electrons. The highest BCUT2D eigenvalue weighted by atomic mass is 32.1. The first-order valence-electron chi connectivity index (χ1n) is 10.8. The smallest absolute Gasteiger partial charge is 0.322 e. The van der Waals surface area contributed by atoms with Crippen molar-refractivity contribution in [3.8, 4) is 21.8 Å². The van der Waals surface area contributed by atoms with Gasteiger partial charge < -0.3 is 11.1 Å². The van der Waals surface area contributed by atoms with Gasteiger partial charge in [0.1, 0.15) is 10.7 Å². The van der Waals surface area contributed by atoms with E-state index >= 15 is 0 Å². The molecule has 3 aromatic heterocycles. The lowest BCUT2D eigenvalue weighted by atomic mass is 9.91. The second-order valence-electron chi connectivity index (χ2n) is 8.81. The number of aromatic amines is 2. The Morgan fingerprint density at radius 2 is 1.92 bits per heavy atom. The SMILES string of the molecule is CC(C)(N)c1cccc(-c2cc3cn[nH]c3cc2NC(=O)c2csc(-c3cc(C(F)(F)F)n[nH]3)n2)c1. The minimum Gasteiger partial charge on any atom is -0.322 e. The number of H-pyrrole nitrogens is 2. The van der Waals surface area contributed by atoms with Crippen molar-refractivity contribution < 1.29 is 18.0 Å². The van der Waals surface area contributed by atoms with E-state index in [1.807, 2.05) is 44.2 Å². The van der Waals surface area contributed by atoms with Crippen LogP contribution in [0.25, 0.3) is 32.7 Å². The highest BCUT2D eigenvalue weighted by molar-refractivity contribution is 7.13. The van der Waals surface area contributed by atoms with Gasteiger partial charge in [-0.1, -0.05) is 18.2 Å². The van der Waals surface area contributed by atoms with E-state index in [2.05, 4.69) is 30.7 Å². The van der Waals surface area contributed by atoms with Gasteiger partial charge in [-0.05, 0) is 49.2 Å². The summed E-state index contributed by atoms with van der Waals surface area (Å²) in [5.74, 6) is -0.511. The molecule has 8 nitrogen and oxygen atoms in total. The summed E-state index contributed by atoms with van der Waals surface area (Å²) in [6, 6.07) is 12.3. The number of carbonyl (C=O) groups is 1. The number of nitrogens with two attached hydrogens (primary N) is 1. The van der Waals surface area contributed by atoms with Crippen LogP contribution in [0.2, 0.25) is 0 Å². The molecule has 0 unspecified atom stereocenters. The maximum atomic E-state index is 13.1. The lowest BCUT2D eigenvalue weighted by molar-refractivity contribution is -0.141. The Labute approximate surface area is 206 Å². The van der Waals surface area contributed by atoms with E-state index in [1.54, 1.807) is 12.3 Å². The van der Waals surface area contributed by atoms with Gasteiger partial charge in [0.2, 0.25) is 0 Å². The van der Waals surface area contributed by atoms with Crippen LogP contribution in [0.3, 0.4) is 0 Å². The Balaban J connectivity index is 1.48. The second kappa shape index (κ2) is 8.57. The van der Waals surface area contributed by atoms with Gasteiger partial charge in [-0.15, -0.1) is 11.3 Å². The predicted octanol–water partition coefficient (Wildman–Crippen LogP) is 5.54. The summed E-state index contributed by atoms with van der Waals surface area (Å²) < 4.78 is 38.6. The average Bonchev–Trinajstić information content (AvgIpc) is 3.57. The van der Waals surface area contributed by atoms with Gasteiger partial charge in [0.05, 0.1) is 23.1 Å². The zero-order valence-electron chi connectivity index (χ0n) is 19.1. The quantitative estimate of drug-likeness (QED) is 0.247. The molecule has 0 aliphatic heterocycles. The van der Waals surface area contributed by atoms with Crippen molar-refractivity contribution in [3.63, 3.8) is 0 Å². The summed E-state index contributed by atoms with van der Waals surface area (Å²) in [5, 5.41) is 18.0. The molecular formula is C24H20F3N7OS. The number of fused-ring (bicyclic) bond motifs is 1. The molecule has 0 atom stereocenters. The maximum Gasteiger partial charge on any atom is 0.435 e. The number of hydrogen-bond acceptors (Lipinski definition) is 6. The lowest BCUT2D eigenvalue weighted by Crippen LogP contribution is -2.28. The fraction of sp³-hybridized carbons (Fsp3) is 0.167. The van der Waals surface area contributed by atoms with Gasteiger partial charge >= 0.3 is 6.18 Å². The largest absolute Gasteiger partial charge is 0.435 e. The Hall–Kier alpha value is -4.03. The van der Waals surface area contributed by atoms with Crippen LogP contribution in [-0.4, -0.2) is 31.3 Å². The predicted molar refractivity (Wildman–Crippen MR) is 131 cm³/mol. The third-order valence-electron chi connectivity index (χ3n) is 5.58. The molecule has 5 aromatic rings. The standard InChI is InChI=1S/C24H20F3N7OS/c1-23(2,28)14-5-3-4-12(6-14)15-7-13-10-29-32-16(13)8-17(15)30-21(35)19-11-36-22(31-19)18-9-20(34-33-18)24(25,26)27/h3-11H,28H2,1-2H3,(H,29,32)(H,30,35)(H,33,34). The molecule has 2 aromatic carbocycles. The monoisotopic (exact) mass is 511 g/mol. The number of aromatic nitrogens is 5. The van der Waals surface area contributed by atoms with E-state index in [1.165, 1.54) is 5.38 Å². The third-order valence-corrected chi connectivity index (χ3v) is 6.46. The van der Waals surface area contributed by atoms with E-state index in [4.69, 9.17) is 5.73 Å². The summed E-state index contributed by atoms with van der Waals surface area (Å²) in [4.78, 5) is 17.3. The number of amides is 1. The molecule has 5 N–H and O–H groups in total. The first-order chi connectivity index (χ1) is 17.0. The average molecular weight is 512 g/mol. The molecule has 0 saturated heterocycles. The van der Waals surface area contributed by atoms with Crippen LogP contribution in [0.4, 0.5) is 18.9 Å². The number of nitrogens with one attached hydrogen (secondary N) is 3. The molecule has 1 amide bonds. The van der Waals surface area contributed by atoms with Gasteiger partial charge in [0.25, 0.3) is 5.91 Å². The van der Waals surface area contributed by atoms with Gasteiger partial charge in [-0.2, -0.15) is 23.4 Å². The minimum absolute atomic E-state index is 0.0608. The van der Waals surface area contributed by atoms with Crippen molar-refractivity contribution in [2.24, 2.45) is 5.73 Å².